The Kier molecular flexibility index (Phi) is 8.68. The number of carboxylic acid groups (broad SMARTS) is 2. The van der Waals surface area contributed by atoms with E-state index in [4.69, 9.17) is 24.5 Å². The number of rotatable bonds is 6. The molecule has 1 amide bonds. The first-order chi connectivity index (χ1) is 15.1. The average molecular weight is 461 g/mol. The van der Waals surface area contributed by atoms with Crippen molar-refractivity contribution in [3.8, 4) is 5.75 Å². The van der Waals surface area contributed by atoms with Crippen molar-refractivity contribution in [1.82, 2.24) is 4.90 Å². The molecule has 8 nitrogen and oxygen atoms in total. The van der Waals surface area contributed by atoms with Crippen molar-refractivity contribution in [2.75, 3.05) is 39.7 Å². The maximum Gasteiger partial charge on any atom is 0.414 e. The van der Waals surface area contributed by atoms with Gasteiger partial charge in [0.25, 0.3) is 0 Å². The highest BCUT2D eigenvalue weighted by atomic mass is 32.2. The number of nitrogens with zero attached hydrogens (tertiary/aromatic N) is 2. The van der Waals surface area contributed by atoms with E-state index in [0.29, 0.717) is 0 Å². The summed E-state index contributed by atoms with van der Waals surface area (Å²) in [5.74, 6) is -2.70. The Labute approximate surface area is 191 Å². The normalized spacial score (nSPS) is 17.3. The second kappa shape index (κ2) is 11.0. The van der Waals surface area contributed by atoms with Crippen LogP contribution in [0.25, 0.3) is 0 Å². The summed E-state index contributed by atoms with van der Waals surface area (Å²) in [6.07, 6.45) is 1.74. The molecule has 0 aliphatic carbocycles. The summed E-state index contributed by atoms with van der Waals surface area (Å²) in [6.45, 7) is 0.955. The van der Waals surface area contributed by atoms with Crippen LogP contribution in [0.4, 0.5) is 5.69 Å². The SMILES string of the molecule is COc1ccc(C2(CCCN(C)C)Sc3ccccc3N(C)C2=O)cc1.O=C(O)C(=O)O. The van der Waals surface area contributed by atoms with E-state index in [0.717, 1.165) is 41.3 Å². The smallest absolute Gasteiger partial charge is 0.414 e. The Morgan fingerprint density at radius 2 is 1.66 bits per heavy atom. The summed E-state index contributed by atoms with van der Waals surface area (Å²) in [7, 11) is 7.67. The number of ether oxygens (including phenoxy) is 1. The molecule has 0 fully saturated rings. The average Bonchev–Trinajstić information content (AvgIpc) is 2.77. The lowest BCUT2D eigenvalue weighted by molar-refractivity contribution is -0.159. The van der Waals surface area contributed by atoms with Gasteiger partial charge >= 0.3 is 11.9 Å². The van der Waals surface area contributed by atoms with Crippen LogP contribution < -0.4 is 9.64 Å². The molecule has 0 radical (unpaired) electrons. The minimum atomic E-state index is -1.82. The van der Waals surface area contributed by atoms with Gasteiger partial charge in [-0.15, -0.1) is 11.8 Å². The van der Waals surface area contributed by atoms with Crippen molar-refractivity contribution in [3.63, 3.8) is 0 Å². The third-order valence-electron chi connectivity index (χ3n) is 5.03. The molecule has 1 unspecified atom stereocenters. The number of hydrogen-bond acceptors (Lipinski definition) is 6. The summed E-state index contributed by atoms with van der Waals surface area (Å²) in [6, 6.07) is 16.1. The number of hydrogen-bond donors (Lipinski definition) is 2. The van der Waals surface area contributed by atoms with E-state index < -0.39 is 16.7 Å². The van der Waals surface area contributed by atoms with Gasteiger partial charge in [0.05, 0.1) is 12.8 Å². The molecule has 2 aromatic rings. The Morgan fingerprint density at radius 1 is 1.06 bits per heavy atom. The van der Waals surface area contributed by atoms with E-state index in [1.807, 2.05) is 54.4 Å². The summed E-state index contributed by atoms with van der Waals surface area (Å²) in [5.41, 5.74) is 2.02. The molecule has 32 heavy (non-hydrogen) atoms. The molecule has 1 aliphatic heterocycles. The number of thioether (sulfide) groups is 1. The van der Waals surface area contributed by atoms with E-state index in [1.165, 1.54) is 0 Å². The van der Waals surface area contributed by atoms with Crippen LogP contribution in [-0.4, -0.2) is 67.8 Å². The minimum Gasteiger partial charge on any atom is -0.497 e. The molecule has 0 saturated heterocycles. The van der Waals surface area contributed by atoms with Gasteiger partial charge in [0.2, 0.25) is 5.91 Å². The van der Waals surface area contributed by atoms with E-state index in [1.54, 1.807) is 18.9 Å². The second-order valence-electron chi connectivity index (χ2n) is 7.51. The fourth-order valence-corrected chi connectivity index (χ4v) is 4.98. The summed E-state index contributed by atoms with van der Waals surface area (Å²) < 4.78 is 4.69. The van der Waals surface area contributed by atoms with Crippen molar-refractivity contribution in [2.24, 2.45) is 0 Å². The number of fused-ring (bicyclic) bond motifs is 1. The molecule has 1 atom stereocenters. The lowest BCUT2D eigenvalue weighted by Gasteiger charge is -2.41. The van der Waals surface area contributed by atoms with Crippen molar-refractivity contribution >= 4 is 35.3 Å². The molecule has 0 saturated carbocycles. The Morgan fingerprint density at radius 3 is 2.19 bits per heavy atom. The first-order valence-corrected chi connectivity index (χ1v) is 10.8. The molecule has 3 rings (SSSR count). The Bertz CT molecular complexity index is 951. The minimum absolute atomic E-state index is 0.144. The highest BCUT2D eigenvalue weighted by molar-refractivity contribution is 8.01. The van der Waals surface area contributed by atoms with Crippen molar-refractivity contribution in [2.45, 2.75) is 22.5 Å². The number of amides is 1. The van der Waals surface area contributed by atoms with E-state index in [2.05, 4.69) is 25.1 Å². The molecule has 172 valence electrons. The maximum absolute atomic E-state index is 13.5. The highest BCUT2D eigenvalue weighted by Gasteiger charge is 2.46. The molecule has 1 heterocycles. The zero-order valence-electron chi connectivity index (χ0n) is 18.6. The van der Waals surface area contributed by atoms with Gasteiger partial charge in [-0.25, -0.2) is 9.59 Å². The number of aliphatic carboxylic acids is 2. The van der Waals surface area contributed by atoms with Crippen molar-refractivity contribution in [3.05, 3.63) is 54.1 Å². The molecule has 2 aromatic carbocycles. The number of carboxylic acids is 2. The Balaban J connectivity index is 0.000000534. The zero-order valence-corrected chi connectivity index (χ0v) is 19.4. The molecule has 0 spiro atoms. The number of likely N-dealkylation sites (N-methyl/N-ethyl adjacent to an activating group) is 1. The predicted octanol–water partition coefficient (Wildman–Crippen LogP) is 3.16. The van der Waals surface area contributed by atoms with Gasteiger partial charge in [-0.2, -0.15) is 0 Å². The third kappa shape index (κ3) is 5.80. The van der Waals surface area contributed by atoms with E-state index >= 15 is 0 Å². The van der Waals surface area contributed by atoms with E-state index in [-0.39, 0.29) is 5.91 Å². The molecule has 0 aromatic heterocycles. The summed E-state index contributed by atoms with van der Waals surface area (Å²) in [5, 5.41) is 14.8. The van der Waals surface area contributed by atoms with Crippen LogP contribution >= 0.6 is 11.8 Å². The van der Waals surface area contributed by atoms with E-state index in [9.17, 15) is 4.79 Å². The molecule has 9 heteroatoms. The van der Waals surface area contributed by atoms with Crippen LogP contribution in [0.3, 0.4) is 0 Å². The molecular formula is C23H28N2O6S. The van der Waals surface area contributed by atoms with Crippen LogP contribution in [0.5, 0.6) is 5.75 Å². The van der Waals surface area contributed by atoms with Gasteiger partial charge in [0.1, 0.15) is 10.5 Å². The largest absolute Gasteiger partial charge is 0.497 e. The molecule has 2 N–H and O–H groups in total. The van der Waals surface area contributed by atoms with Crippen LogP contribution in [-0.2, 0) is 19.1 Å². The number of para-hydroxylation sites is 1. The number of carbonyl (C=O) groups is 3. The number of methoxy groups -OCH3 is 1. The van der Waals surface area contributed by atoms with Gasteiger partial charge < -0.3 is 24.7 Å². The first kappa shape index (κ1) is 25.2. The number of anilines is 1. The Hall–Kier alpha value is -3.04. The zero-order chi connectivity index (χ0) is 23.9. The lowest BCUT2D eigenvalue weighted by Crippen LogP contribution is -2.46. The van der Waals surface area contributed by atoms with Gasteiger partial charge in [0.15, 0.2) is 0 Å². The lowest BCUT2D eigenvalue weighted by atomic mass is 9.90. The van der Waals surface area contributed by atoms with Crippen LogP contribution in [0.1, 0.15) is 18.4 Å². The molecule has 0 bridgehead atoms. The third-order valence-corrected chi connectivity index (χ3v) is 6.56. The predicted molar refractivity (Wildman–Crippen MR) is 123 cm³/mol. The molecule has 1 aliphatic rings. The second-order valence-corrected chi connectivity index (χ2v) is 8.85. The van der Waals surface area contributed by atoms with Crippen LogP contribution in [0.2, 0.25) is 0 Å². The first-order valence-electron chi connectivity index (χ1n) is 9.94. The standard InChI is InChI=1S/C21H26N2O2S.C2H2O4/c1-22(2)15-7-14-21(16-10-12-17(25-4)13-11-16)20(24)23(3)18-8-5-6-9-19(18)26-21;3-1(4)2(5)6/h5-6,8-13H,7,14-15H2,1-4H3;(H,3,4)(H,5,6). The topological polar surface area (TPSA) is 107 Å². The monoisotopic (exact) mass is 460 g/mol. The molecular weight excluding hydrogens is 432 g/mol. The maximum atomic E-state index is 13.5. The summed E-state index contributed by atoms with van der Waals surface area (Å²) >= 11 is 1.68. The van der Waals surface area contributed by atoms with Crippen molar-refractivity contribution < 1.29 is 29.3 Å². The van der Waals surface area contributed by atoms with Gasteiger partial charge in [-0.05, 0) is 63.3 Å². The van der Waals surface area contributed by atoms with Crippen molar-refractivity contribution in [1.29, 1.82) is 0 Å². The highest BCUT2D eigenvalue weighted by Crippen LogP contribution is 2.53. The summed E-state index contributed by atoms with van der Waals surface area (Å²) in [4.78, 5) is 36.8. The fraction of sp³-hybridized carbons (Fsp3) is 0.348. The van der Waals surface area contributed by atoms with Gasteiger partial charge in [-0.3, -0.25) is 4.79 Å². The van der Waals surface area contributed by atoms with Crippen LogP contribution in [0, 0.1) is 0 Å². The fourth-order valence-electron chi connectivity index (χ4n) is 3.42. The van der Waals surface area contributed by atoms with Gasteiger partial charge in [-0.1, -0.05) is 24.3 Å². The van der Waals surface area contributed by atoms with Gasteiger partial charge in [0, 0.05) is 11.9 Å². The number of carbonyl (C=O) groups excluding carboxylic acids is 1. The van der Waals surface area contributed by atoms with Crippen LogP contribution in [0.15, 0.2) is 53.4 Å². The number of benzene rings is 2. The quantitative estimate of drug-likeness (QED) is 0.633.